The van der Waals surface area contributed by atoms with E-state index in [-0.39, 0.29) is 0 Å². The molecule has 2 nitrogen and oxygen atoms in total. The molecule has 19 heavy (non-hydrogen) atoms. The summed E-state index contributed by atoms with van der Waals surface area (Å²) < 4.78 is 0. The third kappa shape index (κ3) is 4.35. The van der Waals surface area contributed by atoms with Crippen molar-refractivity contribution < 1.29 is 0 Å². The van der Waals surface area contributed by atoms with Gasteiger partial charge in [-0.25, -0.2) is 0 Å². The second-order valence-electron chi connectivity index (χ2n) is 5.21. The van der Waals surface area contributed by atoms with E-state index in [1.165, 1.54) is 38.9 Å². The van der Waals surface area contributed by atoms with Gasteiger partial charge >= 0.3 is 0 Å². The lowest BCUT2D eigenvalue weighted by Crippen LogP contribution is -2.42. The molecule has 1 fully saturated rings. The fourth-order valence-electron chi connectivity index (χ4n) is 2.62. The van der Waals surface area contributed by atoms with Crippen LogP contribution in [-0.4, -0.2) is 30.6 Å². The minimum Gasteiger partial charge on any atom is -0.310 e. The molecule has 0 saturated carbocycles. The zero-order valence-corrected chi connectivity index (χ0v) is 13.0. The average molecular weight is 301 g/mol. The first-order chi connectivity index (χ1) is 9.20. The Morgan fingerprint density at radius 1 is 1.26 bits per heavy atom. The number of rotatable bonds is 5. The molecule has 0 amide bonds. The van der Waals surface area contributed by atoms with Crippen molar-refractivity contribution in [2.75, 3.05) is 19.6 Å². The number of benzene rings is 1. The number of nitrogens with zero attached hydrogens (tertiary/aromatic N) is 1. The Kier molecular flexibility index (Phi) is 5.96. The molecule has 0 radical (unpaired) electrons. The number of likely N-dealkylation sites (tertiary alicyclic amines) is 1. The lowest BCUT2D eigenvalue weighted by Gasteiger charge is -2.32. The molecule has 1 aromatic rings. The van der Waals surface area contributed by atoms with Gasteiger partial charge in [-0.3, -0.25) is 0 Å². The van der Waals surface area contributed by atoms with Crippen LogP contribution in [-0.2, 0) is 6.54 Å². The molecule has 1 aliphatic rings. The van der Waals surface area contributed by atoms with Gasteiger partial charge in [0.15, 0.2) is 0 Å². The third-order valence-corrected chi connectivity index (χ3v) is 4.60. The van der Waals surface area contributed by atoms with E-state index in [0.717, 1.165) is 12.1 Å². The summed E-state index contributed by atoms with van der Waals surface area (Å²) in [6.45, 7) is 6.68. The number of hydrogen-bond donors (Lipinski definition) is 1. The van der Waals surface area contributed by atoms with Crippen LogP contribution in [0.4, 0.5) is 0 Å². The standard InChI is InChI=1S/C15H22Cl2N2/c1-2-8-19-9-6-13(7-10-19)18-11-12-4-3-5-14(16)15(12)17/h3-5,13,18H,2,6-11H2,1H3. The predicted molar refractivity (Wildman–Crippen MR) is 83.1 cm³/mol. The molecular formula is C15H22Cl2N2. The Morgan fingerprint density at radius 3 is 2.68 bits per heavy atom. The van der Waals surface area contributed by atoms with Crippen molar-refractivity contribution in [2.24, 2.45) is 0 Å². The van der Waals surface area contributed by atoms with Gasteiger partial charge in [0, 0.05) is 12.6 Å². The van der Waals surface area contributed by atoms with Gasteiger partial charge in [0.25, 0.3) is 0 Å². The molecule has 4 heteroatoms. The molecule has 1 aromatic carbocycles. The fourth-order valence-corrected chi connectivity index (χ4v) is 3.00. The Bertz CT molecular complexity index is 401. The maximum Gasteiger partial charge on any atom is 0.0637 e. The molecule has 106 valence electrons. The predicted octanol–water partition coefficient (Wildman–Crippen LogP) is 3.96. The molecule has 0 aliphatic carbocycles. The highest BCUT2D eigenvalue weighted by Gasteiger charge is 2.18. The van der Waals surface area contributed by atoms with Crippen molar-refractivity contribution in [3.63, 3.8) is 0 Å². The van der Waals surface area contributed by atoms with E-state index >= 15 is 0 Å². The van der Waals surface area contributed by atoms with E-state index in [9.17, 15) is 0 Å². The maximum absolute atomic E-state index is 6.20. The lowest BCUT2D eigenvalue weighted by atomic mass is 10.0. The maximum atomic E-state index is 6.20. The summed E-state index contributed by atoms with van der Waals surface area (Å²) in [4.78, 5) is 2.55. The van der Waals surface area contributed by atoms with E-state index in [0.29, 0.717) is 16.1 Å². The second kappa shape index (κ2) is 7.49. The molecule has 1 heterocycles. The molecule has 0 aromatic heterocycles. The Hall–Kier alpha value is -0.280. The van der Waals surface area contributed by atoms with Crippen molar-refractivity contribution in [1.82, 2.24) is 10.2 Å². The van der Waals surface area contributed by atoms with E-state index in [1.54, 1.807) is 0 Å². The summed E-state index contributed by atoms with van der Waals surface area (Å²) in [5.41, 5.74) is 1.09. The zero-order chi connectivity index (χ0) is 13.7. The first kappa shape index (κ1) is 15.1. The first-order valence-corrected chi connectivity index (χ1v) is 7.85. The molecule has 2 rings (SSSR count). The summed E-state index contributed by atoms with van der Waals surface area (Å²) in [5, 5.41) is 4.92. The summed E-state index contributed by atoms with van der Waals surface area (Å²) in [6.07, 6.45) is 3.69. The second-order valence-corrected chi connectivity index (χ2v) is 5.99. The topological polar surface area (TPSA) is 15.3 Å². The van der Waals surface area contributed by atoms with Crippen molar-refractivity contribution in [2.45, 2.75) is 38.8 Å². The zero-order valence-electron chi connectivity index (χ0n) is 11.5. The highest BCUT2D eigenvalue weighted by Crippen LogP contribution is 2.25. The largest absolute Gasteiger partial charge is 0.310 e. The van der Waals surface area contributed by atoms with Gasteiger partial charge in [-0.2, -0.15) is 0 Å². The van der Waals surface area contributed by atoms with Gasteiger partial charge in [-0.05, 0) is 50.5 Å². The average Bonchev–Trinajstić information content (AvgIpc) is 2.42. The Morgan fingerprint density at radius 2 is 2.00 bits per heavy atom. The monoisotopic (exact) mass is 300 g/mol. The van der Waals surface area contributed by atoms with Crippen LogP contribution in [0.3, 0.4) is 0 Å². The van der Waals surface area contributed by atoms with Crippen LogP contribution in [0, 0.1) is 0 Å². The van der Waals surface area contributed by atoms with Crippen LogP contribution in [0.25, 0.3) is 0 Å². The van der Waals surface area contributed by atoms with Gasteiger partial charge in [-0.15, -0.1) is 0 Å². The van der Waals surface area contributed by atoms with Crippen LogP contribution >= 0.6 is 23.2 Å². The first-order valence-electron chi connectivity index (χ1n) is 7.09. The van der Waals surface area contributed by atoms with Crippen molar-refractivity contribution in [3.8, 4) is 0 Å². The molecule has 0 bridgehead atoms. The van der Waals surface area contributed by atoms with Crippen LogP contribution in [0.5, 0.6) is 0 Å². The fraction of sp³-hybridized carbons (Fsp3) is 0.600. The van der Waals surface area contributed by atoms with Crippen molar-refractivity contribution in [1.29, 1.82) is 0 Å². The molecule has 1 aliphatic heterocycles. The highest BCUT2D eigenvalue weighted by atomic mass is 35.5. The third-order valence-electron chi connectivity index (χ3n) is 3.74. The van der Waals surface area contributed by atoms with Gasteiger partial charge < -0.3 is 10.2 Å². The molecule has 0 atom stereocenters. The normalized spacial score (nSPS) is 17.8. The van der Waals surface area contributed by atoms with Crippen LogP contribution < -0.4 is 5.32 Å². The van der Waals surface area contributed by atoms with Gasteiger partial charge in [0.2, 0.25) is 0 Å². The molecule has 1 saturated heterocycles. The summed E-state index contributed by atoms with van der Waals surface area (Å²) in [6, 6.07) is 6.42. The van der Waals surface area contributed by atoms with Crippen LogP contribution in [0.15, 0.2) is 18.2 Å². The van der Waals surface area contributed by atoms with Gasteiger partial charge in [0.1, 0.15) is 0 Å². The lowest BCUT2D eigenvalue weighted by molar-refractivity contribution is 0.197. The minimum atomic E-state index is 0.600. The molecular weight excluding hydrogens is 279 g/mol. The Labute approximate surface area is 126 Å². The van der Waals surface area contributed by atoms with Gasteiger partial charge in [0.05, 0.1) is 10.0 Å². The smallest absolute Gasteiger partial charge is 0.0637 e. The Balaban J connectivity index is 1.79. The summed E-state index contributed by atoms with van der Waals surface area (Å²) in [5.74, 6) is 0. The highest BCUT2D eigenvalue weighted by molar-refractivity contribution is 6.42. The van der Waals surface area contributed by atoms with E-state index in [2.05, 4.69) is 17.1 Å². The molecule has 0 unspecified atom stereocenters. The van der Waals surface area contributed by atoms with Crippen LogP contribution in [0.1, 0.15) is 31.7 Å². The molecule has 0 spiro atoms. The van der Waals surface area contributed by atoms with Crippen molar-refractivity contribution >= 4 is 23.2 Å². The quantitative estimate of drug-likeness (QED) is 0.885. The number of piperidine rings is 1. The van der Waals surface area contributed by atoms with E-state index < -0.39 is 0 Å². The summed E-state index contributed by atoms with van der Waals surface area (Å²) in [7, 11) is 0. The van der Waals surface area contributed by atoms with Gasteiger partial charge in [-0.1, -0.05) is 42.3 Å². The van der Waals surface area contributed by atoms with Crippen molar-refractivity contribution in [3.05, 3.63) is 33.8 Å². The van der Waals surface area contributed by atoms with Crippen LogP contribution in [0.2, 0.25) is 10.0 Å². The number of nitrogens with one attached hydrogen (secondary N) is 1. The summed E-state index contributed by atoms with van der Waals surface area (Å²) >= 11 is 12.2. The number of hydrogen-bond acceptors (Lipinski definition) is 2. The SMILES string of the molecule is CCCN1CCC(NCc2cccc(Cl)c2Cl)CC1. The van der Waals surface area contributed by atoms with E-state index in [1.807, 2.05) is 18.2 Å². The molecule has 1 N–H and O–H groups in total. The van der Waals surface area contributed by atoms with E-state index in [4.69, 9.17) is 23.2 Å². The number of halogens is 2. The minimum absolute atomic E-state index is 0.600.